The van der Waals surface area contributed by atoms with Crippen molar-refractivity contribution >= 4 is 66.2 Å². The number of hydrogen-bond donors (Lipinski definition) is 1. The lowest BCUT2D eigenvalue weighted by Crippen LogP contribution is -2.38. The van der Waals surface area contributed by atoms with Gasteiger partial charge in [0.25, 0.3) is 0 Å². The number of aromatic nitrogens is 1. The van der Waals surface area contributed by atoms with Crippen LogP contribution in [0.1, 0.15) is 59.1 Å². The third-order valence-electron chi connectivity index (χ3n) is 4.32. The summed E-state index contributed by atoms with van der Waals surface area (Å²) in [5.74, 6) is 0.637. The van der Waals surface area contributed by atoms with Crippen LogP contribution in [0.4, 0.5) is 14.6 Å². The van der Waals surface area contributed by atoms with Crippen molar-refractivity contribution in [2.45, 2.75) is 78.7 Å². The number of thiophene rings is 1. The van der Waals surface area contributed by atoms with Crippen molar-refractivity contribution in [2.24, 2.45) is 0 Å². The molecule has 3 aromatic heterocycles. The molecule has 11 heteroatoms. The van der Waals surface area contributed by atoms with E-state index in [2.05, 4.69) is 25.6 Å². The van der Waals surface area contributed by atoms with E-state index in [0.29, 0.717) is 17.2 Å². The molecule has 0 aromatic carbocycles. The lowest BCUT2D eigenvalue weighted by molar-refractivity contribution is 0.0507. The number of anilines is 1. The Kier molecular flexibility index (Phi) is 7.99. The minimum absolute atomic E-state index is 0.161. The van der Waals surface area contributed by atoms with Crippen molar-refractivity contribution < 1.29 is 23.5 Å². The monoisotopic (exact) mass is 571 g/mol. The zero-order chi connectivity index (χ0) is 25.3. The normalized spacial score (nSPS) is 13.1. The fraction of sp³-hybridized carbons (Fsp3) is 0.522. The predicted octanol–water partition coefficient (Wildman–Crippen LogP) is 7.11. The molecule has 0 saturated carbocycles. The van der Waals surface area contributed by atoms with Gasteiger partial charge in [0.2, 0.25) is 0 Å². The summed E-state index contributed by atoms with van der Waals surface area (Å²) < 4.78 is 22.8. The second kappa shape index (κ2) is 10.2. The van der Waals surface area contributed by atoms with Crippen LogP contribution in [0.5, 0.6) is 0 Å². The largest absolute Gasteiger partial charge is 0.467 e. The first-order valence-corrected chi connectivity index (χ1v) is 13.2. The van der Waals surface area contributed by atoms with Crippen molar-refractivity contribution in [1.82, 2.24) is 9.69 Å². The molecule has 0 saturated heterocycles. The fourth-order valence-corrected chi connectivity index (χ4v) is 6.26. The van der Waals surface area contributed by atoms with Crippen LogP contribution in [-0.4, -0.2) is 33.8 Å². The van der Waals surface area contributed by atoms with E-state index in [-0.39, 0.29) is 12.6 Å². The van der Waals surface area contributed by atoms with Crippen LogP contribution in [-0.2, 0) is 22.4 Å². The first-order valence-electron chi connectivity index (χ1n) is 10.8. The second-order valence-electron chi connectivity index (χ2n) is 9.90. The first kappa shape index (κ1) is 26.5. The van der Waals surface area contributed by atoms with E-state index in [1.54, 1.807) is 17.2 Å². The minimum atomic E-state index is -0.647. The molecule has 1 N–H and O–H groups in total. The van der Waals surface area contributed by atoms with Crippen LogP contribution in [0.3, 0.4) is 0 Å². The molecule has 0 aliphatic heterocycles. The summed E-state index contributed by atoms with van der Waals surface area (Å²) >= 11 is 6.43. The van der Waals surface area contributed by atoms with Gasteiger partial charge in [-0.05, 0) is 88.1 Å². The number of carbonyl (C=O) groups is 2. The number of fused-ring (bicyclic) bond motifs is 1. The summed E-state index contributed by atoms with van der Waals surface area (Å²) in [5.41, 5.74) is -0.433. The standard InChI is InChI=1S/C23H30BrN3O5S2/c1-13(25-20(28)31-22(2,3)4)11-15-16(24)17-18(33-15)19(34-26-17)27(12-14-9-8-10-30-14)21(29)32-23(5,6)7/h8-10,13H,11-12H2,1-7H3,(H,25,28). The summed E-state index contributed by atoms with van der Waals surface area (Å²) in [6.45, 7) is 13.1. The van der Waals surface area contributed by atoms with Gasteiger partial charge in [-0.2, -0.15) is 4.37 Å². The Balaban J connectivity index is 1.86. The lowest BCUT2D eigenvalue weighted by atomic mass is 10.2. The molecule has 34 heavy (non-hydrogen) atoms. The van der Waals surface area contributed by atoms with Gasteiger partial charge in [-0.1, -0.05) is 0 Å². The van der Waals surface area contributed by atoms with Crippen molar-refractivity contribution in [3.63, 3.8) is 0 Å². The quantitative estimate of drug-likeness (QED) is 0.338. The van der Waals surface area contributed by atoms with Crippen molar-refractivity contribution in [3.8, 4) is 0 Å². The summed E-state index contributed by atoms with van der Waals surface area (Å²) in [6.07, 6.45) is 1.22. The topological polar surface area (TPSA) is 93.9 Å². The Hall–Kier alpha value is -2.11. The van der Waals surface area contributed by atoms with E-state index in [4.69, 9.17) is 13.9 Å². The van der Waals surface area contributed by atoms with Crippen LogP contribution in [0.25, 0.3) is 10.2 Å². The molecule has 0 fully saturated rings. The highest BCUT2D eigenvalue weighted by Gasteiger charge is 2.29. The second-order valence-corrected chi connectivity index (χ2v) is 12.6. The Labute approximate surface area is 215 Å². The maximum Gasteiger partial charge on any atom is 0.415 e. The number of halogens is 1. The third kappa shape index (κ3) is 6.96. The van der Waals surface area contributed by atoms with Gasteiger partial charge >= 0.3 is 12.2 Å². The van der Waals surface area contributed by atoms with Gasteiger partial charge in [-0.15, -0.1) is 11.3 Å². The fourth-order valence-electron chi connectivity index (χ4n) is 3.04. The summed E-state index contributed by atoms with van der Waals surface area (Å²) in [5, 5.41) is 3.56. The molecule has 2 amide bonds. The first-order chi connectivity index (χ1) is 15.7. The molecule has 3 heterocycles. The molecular weight excluding hydrogens is 542 g/mol. The number of hydrogen-bond acceptors (Lipinski definition) is 8. The van der Waals surface area contributed by atoms with E-state index >= 15 is 0 Å². The number of alkyl carbamates (subject to hydrolysis) is 1. The van der Waals surface area contributed by atoms with Gasteiger partial charge in [0.15, 0.2) is 0 Å². The number of ether oxygens (including phenoxy) is 2. The van der Waals surface area contributed by atoms with Crippen LogP contribution in [0.15, 0.2) is 27.3 Å². The molecule has 0 spiro atoms. The smallest absolute Gasteiger partial charge is 0.415 e. The highest BCUT2D eigenvalue weighted by Crippen LogP contribution is 2.44. The molecule has 0 aliphatic rings. The average Bonchev–Trinajstić information content (AvgIpc) is 3.36. The van der Waals surface area contributed by atoms with Gasteiger partial charge in [-0.3, -0.25) is 4.90 Å². The average molecular weight is 573 g/mol. The Bertz CT molecular complexity index is 1140. The number of amides is 2. The molecule has 3 aromatic rings. The maximum atomic E-state index is 13.1. The molecule has 3 rings (SSSR count). The molecule has 0 aliphatic carbocycles. The zero-order valence-corrected chi connectivity index (χ0v) is 23.6. The molecule has 186 valence electrons. The predicted molar refractivity (Wildman–Crippen MR) is 139 cm³/mol. The molecular formula is C23H30BrN3O5S2. The summed E-state index contributed by atoms with van der Waals surface area (Å²) in [4.78, 5) is 27.8. The van der Waals surface area contributed by atoms with Crippen LogP contribution < -0.4 is 10.2 Å². The highest BCUT2D eigenvalue weighted by molar-refractivity contribution is 9.10. The third-order valence-corrected chi connectivity index (χ3v) is 7.64. The van der Waals surface area contributed by atoms with E-state index in [9.17, 15) is 9.59 Å². The van der Waals surface area contributed by atoms with Crippen LogP contribution in [0.2, 0.25) is 0 Å². The number of carbonyl (C=O) groups excluding carboxylic acids is 2. The molecule has 1 atom stereocenters. The van der Waals surface area contributed by atoms with Gasteiger partial charge in [0.05, 0.1) is 22.0 Å². The Morgan fingerprint density at radius 3 is 2.47 bits per heavy atom. The maximum absolute atomic E-state index is 13.1. The van der Waals surface area contributed by atoms with Crippen molar-refractivity contribution in [1.29, 1.82) is 0 Å². The molecule has 1 unspecified atom stereocenters. The number of nitrogens with zero attached hydrogens (tertiary/aromatic N) is 2. The Morgan fingerprint density at radius 2 is 1.88 bits per heavy atom. The SMILES string of the molecule is CC(Cc1sc2c(N(Cc3ccco3)C(=O)OC(C)(C)C)snc2c1Br)NC(=O)OC(C)(C)C. The van der Waals surface area contributed by atoms with Gasteiger partial charge in [-0.25, -0.2) is 9.59 Å². The van der Waals surface area contributed by atoms with Gasteiger partial charge in [0.1, 0.15) is 27.5 Å². The minimum Gasteiger partial charge on any atom is -0.467 e. The van der Waals surface area contributed by atoms with Gasteiger partial charge in [0, 0.05) is 17.3 Å². The molecule has 0 bridgehead atoms. The van der Waals surface area contributed by atoms with Crippen molar-refractivity contribution in [2.75, 3.05) is 4.90 Å². The summed E-state index contributed by atoms with van der Waals surface area (Å²) in [7, 11) is 0. The molecule has 0 radical (unpaired) electrons. The highest BCUT2D eigenvalue weighted by atomic mass is 79.9. The van der Waals surface area contributed by atoms with E-state index in [0.717, 1.165) is 19.6 Å². The van der Waals surface area contributed by atoms with Gasteiger partial charge < -0.3 is 19.2 Å². The Morgan fingerprint density at radius 1 is 1.21 bits per heavy atom. The van der Waals surface area contributed by atoms with E-state index < -0.39 is 23.4 Å². The van der Waals surface area contributed by atoms with E-state index in [1.165, 1.54) is 22.9 Å². The number of furan rings is 1. The van der Waals surface area contributed by atoms with Crippen LogP contribution >= 0.6 is 38.8 Å². The lowest BCUT2D eigenvalue weighted by Gasteiger charge is -2.25. The molecule has 8 nitrogen and oxygen atoms in total. The van der Waals surface area contributed by atoms with Crippen molar-refractivity contribution in [3.05, 3.63) is 33.5 Å². The van der Waals surface area contributed by atoms with Crippen LogP contribution in [0, 0.1) is 0 Å². The number of rotatable bonds is 6. The van der Waals surface area contributed by atoms with E-state index in [1.807, 2.05) is 54.5 Å². The number of nitrogens with one attached hydrogen (secondary N) is 1. The zero-order valence-electron chi connectivity index (χ0n) is 20.4. The summed E-state index contributed by atoms with van der Waals surface area (Å²) in [6, 6.07) is 3.44.